The summed E-state index contributed by atoms with van der Waals surface area (Å²) in [6.45, 7) is 1.46. The van der Waals surface area contributed by atoms with Crippen molar-refractivity contribution in [3.05, 3.63) is 35.9 Å². The van der Waals surface area contributed by atoms with Crippen molar-refractivity contribution in [2.75, 3.05) is 12.4 Å². The van der Waals surface area contributed by atoms with Crippen molar-refractivity contribution in [1.82, 2.24) is 4.72 Å². The van der Waals surface area contributed by atoms with E-state index >= 15 is 0 Å². The first-order valence-corrected chi connectivity index (χ1v) is 9.28. The van der Waals surface area contributed by atoms with Crippen LogP contribution in [-0.4, -0.2) is 25.9 Å². The quantitative estimate of drug-likeness (QED) is 0.848. The Kier molecular flexibility index (Phi) is 5.41. The van der Waals surface area contributed by atoms with E-state index in [-0.39, 0.29) is 18.3 Å². The Morgan fingerprint density at radius 3 is 2.38 bits per heavy atom. The maximum absolute atomic E-state index is 12.4. The van der Waals surface area contributed by atoms with Gasteiger partial charge < -0.3 is 5.11 Å². The number of sulfonamides is 1. The average Bonchev–Trinajstić information content (AvgIpc) is 2.48. The van der Waals surface area contributed by atoms with Crippen LogP contribution in [-0.2, 0) is 15.6 Å². The third kappa shape index (κ3) is 4.53. The third-order valence-corrected chi connectivity index (χ3v) is 5.96. The molecule has 0 heterocycles. The molecule has 1 saturated carbocycles. The van der Waals surface area contributed by atoms with E-state index in [2.05, 4.69) is 4.72 Å². The fourth-order valence-corrected chi connectivity index (χ4v) is 4.94. The van der Waals surface area contributed by atoms with Gasteiger partial charge in [-0.1, -0.05) is 49.6 Å². The SMILES string of the molecule is CC(CO)(NS(=O)(=O)CC1CCCCC1)c1ccccc1. The van der Waals surface area contributed by atoms with E-state index < -0.39 is 15.6 Å². The summed E-state index contributed by atoms with van der Waals surface area (Å²) >= 11 is 0. The van der Waals surface area contributed by atoms with Crippen LogP contribution in [0.15, 0.2) is 30.3 Å². The summed E-state index contributed by atoms with van der Waals surface area (Å²) in [6, 6.07) is 9.23. The molecule has 1 aromatic carbocycles. The molecule has 2 rings (SSSR count). The first-order chi connectivity index (χ1) is 9.95. The Morgan fingerprint density at radius 2 is 1.81 bits per heavy atom. The molecule has 0 saturated heterocycles. The lowest BCUT2D eigenvalue weighted by atomic mass is 9.91. The summed E-state index contributed by atoms with van der Waals surface area (Å²) in [5.41, 5.74) is -0.186. The van der Waals surface area contributed by atoms with E-state index in [0.717, 1.165) is 31.2 Å². The fraction of sp³-hybridized carbons (Fsp3) is 0.625. The zero-order valence-electron chi connectivity index (χ0n) is 12.6. The Morgan fingerprint density at radius 1 is 1.19 bits per heavy atom. The first-order valence-electron chi connectivity index (χ1n) is 7.63. The Hall–Kier alpha value is -0.910. The second-order valence-corrected chi connectivity index (χ2v) is 8.01. The topological polar surface area (TPSA) is 66.4 Å². The summed E-state index contributed by atoms with van der Waals surface area (Å²) in [5.74, 6) is 0.407. The van der Waals surface area contributed by atoms with Gasteiger partial charge >= 0.3 is 0 Å². The monoisotopic (exact) mass is 311 g/mol. The molecule has 0 spiro atoms. The molecule has 1 fully saturated rings. The zero-order chi connectivity index (χ0) is 15.3. The van der Waals surface area contributed by atoms with Gasteiger partial charge in [-0.3, -0.25) is 0 Å². The Bertz CT molecular complexity index is 538. The maximum Gasteiger partial charge on any atom is 0.212 e. The second-order valence-electron chi connectivity index (χ2n) is 6.24. The summed E-state index contributed by atoms with van der Waals surface area (Å²) in [4.78, 5) is 0. The van der Waals surface area contributed by atoms with Gasteiger partial charge in [-0.25, -0.2) is 13.1 Å². The van der Waals surface area contributed by atoms with Gasteiger partial charge in [0.15, 0.2) is 0 Å². The normalized spacial score (nSPS) is 20.1. The van der Waals surface area contributed by atoms with Crippen molar-refractivity contribution in [1.29, 1.82) is 0 Å². The number of rotatable bonds is 6. The number of aliphatic hydroxyl groups excluding tert-OH is 1. The van der Waals surface area contributed by atoms with Crippen LogP contribution < -0.4 is 4.72 Å². The molecule has 1 aliphatic rings. The molecule has 1 atom stereocenters. The lowest BCUT2D eigenvalue weighted by Crippen LogP contribution is -2.47. The molecule has 4 nitrogen and oxygen atoms in total. The summed E-state index contributed by atoms with van der Waals surface area (Å²) < 4.78 is 27.6. The molecule has 2 N–H and O–H groups in total. The van der Waals surface area contributed by atoms with Crippen LogP contribution in [0.2, 0.25) is 0 Å². The van der Waals surface area contributed by atoms with Crippen molar-refractivity contribution < 1.29 is 13.5 Å². The van der Waals surface area contributed by atoms with Crippen LogP contribution >= 0.6 is 0 Å². The van der Waals surface area contributed by atoms with Gasteiger partial charge in [-0.2, -0.15) is 0 Å². The Balaban J connectivity index is 2.09. The number of aliphatic hydroxyl groups is 1. The molecule has 118 valence electrons. The minimum Gasteiger partial charge on any atom is -0.394 e. The largest absolute Gasteiger partial charge is 0.394 e. The predicted octanol–water partition coefficient (Wildman–Crippen LogP) is 2.39. The minimum absolute atomic E-state index is 0.162. The molecule has 21 heavy (non-hydrogen) atoms. The van der Waals surface area contributed by atoms with Gasteiger partial charge in [0.05, 0.1) is 17.9 Å². The molecule has 0 aromatic heterocycles. The molecule has 5 heteroatoms. The van der Waals surface area contributed by atoms with E-state index in [0.29, 0.717) is 0 Å². The molecule has 0 amide bonds. The van der Waals surface area contributed by atoms with Crippen molar-refractivity contribution in [3.8, 4) is 0 Å². The van der Waals surface area contributed by atoms with Gasteiger partial charge in [0.25, 0.3) is 0 Å². The minimum atomic E-state index is -3.41. The standard InChI is InChI=1S/C16H25NO3S/c1-16(13-18,15-10-6-3-7-11-15)17-21(19,20)12-14-8-4-2-5-9-14/h3,6-7,10-11,14,17-18H,2,4-5,8-9,12-13H2,1H3. The van der Waals surface area contributed by atoms with Crippen LogP contribution in [0.3, 0.4) is 0 Å². The van der Waals surface area contributed by atoms with E-state index in [9.17, 15) is 13.5 Å². The van der Waals surface area contributed by atoms with Gasteiger partial charge in [-0.15, -0.1) is 0 Å². The van der Waals surface area contributed by atoms with Gasteiger partial charge in [0.1, 0.15) is 0 Å². The fourth-order valence-electron chi connectivity index (χ4n) is 3.04. The molecule has 0 radical (unpaired) electrons. The smallest absolute Gasteiger partial charge is 0.212 e. The van der Waals surface area contributed by atoms with Crippen molar-refractivity contribution in [2.45, 2.75) is 44.6 Å². The molecular weight excluding hydrogens is 286 g/mol. The van der Waals surface area contributed by atoms with Gasteiger partial charge in [0, 0.05) is 0 Å². The summed E-state index contributed by atoms with van der Waals surface area (Å²) in [7, 11) is -3.41. The molecule has 1 aromatic rings. The molecule has 0 bridgehead atoms. The maximum atomic E-state index is 12.4. The lowest BCUT2D eigenvalue weighted by molar-refractivity contribution is 0.195. The van der Waals surface area contributed by atoms with Crippen LogP contribution in [0.4, 0.5) is 0 Å². The van der Waals surface area contributed by atoms with Crippen LogP contribution in [0.25, 0.3) is 0 Å². The van der Waals surface area contributed by atoms with Gasteiger partial charge in [0.2, 0.25) is 10.0 Å². The predicted molar refractivity (Wildman–Crippen MR) is 84.4 cm³/mol. The molecular formula is C16H25NO3S. The van der Waals surface area contributed by atoms with E-state index in [1.165, 1.54) is 6.42 Å². The molecule has 0 aliphatic heterocycles. The van der Waals surface area contributed by atoms with Crippen LogP contribution in [0, 0.1) is 5.92 Å². The summed E-state index contributed by atoms with van der Waals surface area (Å²) in [6.07, 6.45) is 5.43. The van der Waals surface area contributed by atoms with Crippen LogP contribution in [0.1, 0.15) is 44.6 Å². The van der Waals surface area contributed by atoms with Crippen LogP contribution in [0.5, 0.6) is 0 Å². The van der Waals surface area contributed by atoms with Crippen molar-refractivity contribution in [2.24, 2.45) is 5.92 Å². The van der Waals surface area contributed by atoms with Gasteiger partial charge in [-0.05, 0) is 31.2 Å². The highest BCUT2D eigenvalue weighted by Gasteiger charge is 2.32. The average molecular weight is 311 g/mol. The Labute approximate surface area is 127 Å². The van der Waals surface area contributed by atoms with Crippen molar-refractivity contribution in [3.63, 3.8) is 0 Å². The zero-order valence-corrected chi connectivity index (χ0v) is 13.4. The van der Waals surface area contributed by atoms with E-state index in [1.807, 2.05) is 30.3 Å². The van der Waals surface area contributed by atoms with E-state index in [4.69, 9.17) is 0 Å². The highest BCUT2D eigenvalue weighted by molar-refractivity contribution is 7.89. The number of hydrogen-bond acceptors (Lipinski definition) is 3. The lowest BCUT2D eigenvalue weighted by Gasteiger charge is -2.30. The third-order valence-electron chi connectivity index (χ3n) is 4.29. The highest BCUT2D eigenvalue weighted by atomic mass is 32.2. The molecule has 1 unspecified atom stereocenters. The second kappa shape index (κ2) is 6.90. The number of hydrogen-bond donors (Lipinski definition) is 2. The number of benzene rings is 1. The summed E-state index contributed by atoms with van der Waals surface area (Å²) in [5, 5.41) is 9.68. The molecule has 1 aliphatic carbocycles. The number of nitrogens with one attached hydrogen (secondary N) is 1. The van der Waals surface area contributed by atoms with E-state index in [1.54, 1.807) is 6.92 Å². The first kappa shape index (κ1) is 16.5. The van der Waals surface area contributed by atoms with Crippen molar-refractivity contribution >= 4 is 10.0 Å². The highest BCUT2D eigenvalue weighted by Crippen LogP contribution is 2.26.